The van der Waals surface area contributed by atoms with Crippen molar-refractivity contribution in [2.45, 2.75) is 17.6 Å². The fraction of sp³-hybridized carbons (Fsp3) is 0.667. The topological polar surface area (TPSA) is 159 Å². The van der Waals surface area contributed by atoms with Crippen LogP contribution in [0.1, 0.15) is 6.42 Å². The number of fused-ring (bicyclic) bond motifs is 4. The number of hydrogen-bond donors (Lipinski definition) is 2. The summed E-state index contributed by atoms with van der Waals surface area (Å²) in [5.74, 6) is -17.5. The lowest BCUT2D eigenvalue weighted by atomic mass is 9.59. The molecule has 2 heterocycles. The van der Waals surface area contributed by atoms with Gasteiger partial charge < -0.3 is 5.11 Å². The van der Waals surface area contributed by atoms with Gasteiger partial charge >= 0.3 is 21.3 Å². The molecule has 0 aromatic heterocycles. The van der Waals surface area contributed by atoms with E-state index in [4.69, 9.17) is 5.11 Å². The molecule has 28 heavy (non-hydrogen) atoms. The number of hydroxylamine groups is 4. The van der Waals surface area contributed by atoms with E-state index in [9.17, 15) is 50.4 Å². The summed E-state index contributed by atoms with van der Waals surface area (Å²) >= 11 is 0. The molecule has 4 atom stereocenters. The number of imide groups is 2. The number of rotatable bonds is 6. The van der Waals surface area contributed by atoms with Crippen LogP contribution in [0.15, 0.2) is 0 Å². The molecule has 2 aliphatic heterocycles. The molecule has 0 spiro atoms. The van der Waals surface area contributed by atoms with Gasteiger partial charge in [0.05, 0.1) is 23.7 Å². The third-order valence-electron chi connectivity index (χ3n) is 4.84. The Morgan fingerprint density at radius 3 is 1.68 bits per heavy atom. The molecule has 1 saturated carbocycles. The molecule has 0 bridgehead atoms. The van der Waals surface area contributed by atoms with Crippen LogP contribution in [0.2, 0.25) is 0 Å². The van der Waals surface area contributed by atoms with Crippen molar-refractivity contribution in [2.24, 2.45) is 23.7 Å². The monoisotopic (exact) mass is 434 g/mol. The SMILES string of the molecule is O=C1C2C(C(=O)N1O)C1C(=O)N(OS(=O)(=O)C(F)(F)C(F)(F)CCO)C(=O)C21. The zero-order chi connectivity index (χ0) is 21.4. The first-order valence-electron chi connectivity index (χ1n) is 7.46. The number of nitrogens with zero attached hydrogens (tertiary/aromatic N) is 2. The predicted octanol–water partition coefficient (Wildman–Crippen LogP) is -1.54. The zero-order valence-corrected chi connectivity index (χ0v) is 14.1. The van der Waals surface area contributed by atoms with E-state index in [1.54, 1.807) is 0 Å². The van der Waals surface area contributed by atoms with Gasteiger partial charge in [-0.25, -0.2) is 0 Å². The van der Waals surface area contributed by atoms with Crippen molar-refractivity contribution in [3.63, 3.8) is 0 Å². The fourth-order valence-corrected chi connectivity index (χ4v) is 4.34. The molecule has 3 aliphatic rings. The Bertz CT molecular complexity index is 852. The maximum atomic E-state index is 13.7. The highest BCUT2D eigenvalue weighted by Gasteiger charge is 2.75. The second-order valence-corrected chi connectivity index (χ2v) is 7.86. The Labute approximate surface area is 152 Å². The van der Waals surface area contributed by atoms with Crippen LogP contribution in [0.4, 0.5) is 17.6 Å². The average Bonchev–Trinajstić information content (AvgIpc) is 2.84. The highest BCUT2D eigenvalue weighted by Crippen LogP contribution is 2.56. The summed E-state index contributed by atoms with van der Waals surface area (Å²) in [6.45, 7) is -1.50. The molecule has 0 aromatic rings. The van der Waals surface area contributed by atoms with E-state index >= 15 is 0 Å². The maximum absolute atomic E-state index is 13.7. The highest BCUT2D eigenvalue weighted by atomic mass is 32.2. The standard InChI is InChI=1S/C12H10F4N2O9S/c13-11(14,1-2-19)12(15,16)28(25,26)27-18-9(22)5-3-4(6(5)10(18)23)8(21)17(24)7(3)20/h3-6,19,24H,1-2H2. The molecule has 1 aliphatic carbocycles. The van der Waals surface area contributed by atoms with Crippen LogP contribution in [0.3, 0.4) is 0 Å². The van der Waals surface area contributed by atoms with E-state index in [0.717, 1.165) is 0 Å². The quantitative estimate of drug-likeness (QED) is 0.287. The van der Waals surface area contributed by atoms with Gasteiger partial charge in [0.15, 0.2) is 0 Å². The summed E-state index contributed by atoms with van der Waals surface area (Å²) in [4.78, 5) is 47.7. The van der Waals surface area contributed by atoms with Gasteiger partial charge in [0, 0.05) is 13.0 Å². The number of alkyl halides is 4. The molecule has 11 nitrogen and oxygen atoms in total. The van der Waals surface area contributed by atoms with Crippen molar-refractivity contribution in [3.8, 4) is 0 Å². The summed E-state index contributed by atoms with van der Waals surface area (Å²) in [6, 6.07) is 0. The molecular weight excluding hydrogens is 424 g/mol. The van der Waals surface area contributed by atoms with E-state index in [1.807, 2.05) is 0 Å². The van der Waals surface area contributed by atoms with Crippen molar-refractivity contribution in [2.75, 3.05) is 6.61 Å². The lowest BCUT2D eigenvalue weighted by Crippen LogP contribution is -2.50. The van der Waals surface area contributed by atoms with Gasteiger partial charge in [-0.3, -0.25) is 24.4 Å². The maximum Gasteiger partial charge on any atom is 0.433 e. The van der Waals surface area contributed by atoms with E-state index in [1.165, 1.54) is 0 Å². The van der Waals surface area contributed by atoms with Crippen LogP contribution in [-0.4, -0.2) is 70.3 Å². The van der Waals surface area contributed by atoms with Crippen molar-refractivity contribution in [1.29, 1.82) is 0 Å². The molecule has 2 saturated heterocycles. The van der Waals surface area contributed by atoms with Gasteiger partial charge in [-0.2, -0.15) is 31.0 Å². The Morgan fingerprint density at radius 1 is 0.893 bits per heavy atom. The number of aliphatic hydroxyl groups is 1. The Kier molecular flexibility index (Phi) is 4.34. The van der Waals surface area contributed by atoms with Crippen LogP contribution >= 0.6 is 0 Å². The zero-order valence-electron chi connectivity index (χ0n) is 13.3. The molecule has 3 fully saturated rings. The number of aliphatic hydroxyl groups excluding tert-OH is 1. The summed E-state index contributed by atoms with van der Waals surface area (Å²) < 4.78 is 81.1. The molecule has 4 amide bonds. The minimum atomic E-state index is -6.61. The van der Waals surface area contributed by atoms with Gasteiger partial charge in [-0.15, -0.1) is 9.35 Å². The van der Waals surface area contributed by atoms with Crippen LogP contribution in [0.5, 0.6) is 0 Å². The Hall–Kier alpha value is -2.17. The summed E-state index contributed by atoms with van der Waals surface area (Å²) in [7, 11) is -6.61. The lowest BCUT2D eigenvalue weighted by Gasteiger charge is -2.35. The minimum absolute atomic E-state index is 0.320. The van der Waals surface area contributed by atoms with Crippen LogP contribution in [0, 0.1) is 23.7 Å². The normalized spacial score (nSPS) is 30.6. The first kappa shape index (κ1) is 20.6. The molecule has 16 heteroatoms. The van der Waals surface area contributed by atoms with Gasteiger partial charge in [0.1, 0.15) is 0 Å². The second kappa shape index (κ2) is 5.91. The number of amides is 4. The van der Waals surface area contributed by atoms with Crippen molar-refractivity contribution < 1.29 is 59.8 Å². The summed E-state index contributed by atoms with van der Waals surface area (Å²) in [5, 5.41) is 10.7. The number of carbonyl (C=O) groups is 4. The van der Waals surface area contributed by atoms with Gasteiger partial charge in [-0.1, -0.05) is 0 Å². The largest absolute Gasteiger partial charge is 0.433 e. The van der Waals surface area contributed by atoms with E-state index in [-0.39, 0.29) is 5.06 Å². The Balaban J connectivity index is 1.87. The smallest absolute Gasteiger partial charge is 0.396 e. The predicted molar refractivity (Wildman–Crippen MR) is 71.1 cm³/mol. The van der Waals surface area contributed by atoms with E-state index in [2.05, 4.69) is 4.28 Å². The van der Waals surface area contributed by atoms with E-state index < -0.39 is 86.7 Å². The van der Waals surface area contributed by atoms with Crippen LogP contribution < -0.4 is 0 Å². The third kappa shape index (κ3) is 2.34. The lowest BCUT2D eigenvalue weighted by molar-refractivity contribution is -0.184. The van der Waals surface area contributed by atoms with Gasteiger partial charge in [-0.05, 0) is 0 Å². The molecule has 3 rings (SSSR count). The molecule has 0 aromatic carbocycles. The first-order valence-corrected chi connectivity index (χ1v) is 8.87. The molecule has 0 radical (unpaired) electrons. The van der Waals surface area contributed by atoms with Crippen molar-refractivity contribution in [1.82, 2.24) is 10.1 Å². The molecule has 156 valence electrons. The number of carbonyl (C=O) groups excluding carboxylic acids is 4. The third-order valence-corrected chi connectivity index (χ3v) is 6.12. The highest BCUT2D eigenvalue weighted by molar-refractivity contribution is 7.87. The molecule has 2 N–H and O–H groups in total. The number of hydrogen-bond acceptors (Lipinski definition) is 9. The fourth-order valence-electron chi connectivity index (χ4n) is 3.43. The van der Waals surface area contributed by atoms with Crippen LogP contribution in [0.25, 0.3) is 0 Å². The molecule has 4 unspecified atom stereocenters. The molecular formula is C12H10F4N2O9S. The number of halogens is 4. The summed E-state index contributed by atoms with van der Waals surface area (Å²) in [6.07, 6.45) is -1.96. The summed E-state index contributed by atoms with van der Waals surface area (Å²) in [5.41, 5.74) is 0. The van der Waals surface area contributed by atoms with E-state index in [0.29, 0.717) is 0 Å². The minimum Gasteiger partial charge on any atom is -0.396 e. The Morgan fingerprint density at radius 2 is 1.29 bits per heavy atom. The van der Waals surface area contributed by atoms with Crippen molar-refractivity contribution >= 4 is 33.7 Å². The van der Waals surface area contributed by atoms with Crippen molar-refractivity contribution in [3.05, 3.63) is 0 Å². The van der Waals surface area contributed by atoms with Crippen LogP contribution in [-0.2, 0) is 33.6 Å². The first-order chi connectivity index (χ1) is 12.7. The second-order valence-electron chi connectivity index (χ2n) is 6.29. The van der Waals surface area contributed by atoms with Gasteiger partial charge in [0.2, 0.25) is 0 Å². The average molecular weight is 434 g/mol. The van der Waals surface area contributed by atoms with Gasteiger partial charge in [0.25, 0.3) is 23.6 Å².